The number of para-hydroxylation sites is 1. The molecule has 4 aromatic rings. The smallest absolute Gasteiger partial charge is 0.180 e. The monoisotopic (exact) mass is 389 g/mol. The van der Waals surface area contributed by atoms with Gasteiger partial charge in [0.25, 0.3) is 0 Å². The van der Waals surface area contributed by atoms with Gasteiger partial charge in [-0.3, -0.25) is 0 Å². The molecule has 0 bridgehead atoms. The lowest BCUT2D eigenvalue weighted by molar-refractivity contribution is 0.302. The SMILES string of the molecule is CCN(CCO)c1ccc(Nc2nc(-c3ccccc3O)cn3ccnc23)cc1. The number of imidazole rings is 1. The first-order valence-corrected chi connectivity index (χ1v) is 9.54. The molecule has 2 heterocycles. The number of rotatable bonds is 7. The number of fused-ring (bicyclic) bond motifs is 1. The Hall–Kier alpha value is -3.58. The number of nitrogens with one attached hydrogen (secondary N) is 1. The average Bonchev–Trinajstić information content (AvgIpc) is 3.22. The van der Waals surface area contributed by atoms with Crippen LogP contribution in [0, 0.1) is 0 Å². The Labute approximate surface area is 168 Å². The van der Waals surface area contributed by atoms with E-state index in [0.717, 1.165) is 17.9 Å². The Bertz CT molecular complexity index is 1110. The molecule has 0 fully saturated rings. The Morgan fingerprint density at radius 3 is 2.62 bits per heavy atom. The van der Waals surface area contributed by atoms with E-state index in [1.807, 2.05) is 53.2 Å². The van der Waals surface area contributed by atoms with Gasteiger partial charge in [0.2, 0.25) is 0 Å². The van der Waals surface area contributed by atoms with Crippen LogP contribution in [0.15, 0.2) is 67.1 Å². The molecule has 7 heteroatoms. The molecule has 0 aliphatic rings. The molecule has 3 N–H and O–H groups in total. The predicted molar refractivity (Wildman–Crippen MR) is 115 cm³/mol. The first-order chi connectivity index (χ1) is 14.2. The van der Waals surface area contributed by atoms with Crippen molar-refractivity contribution in [3.63, 3.8) is 0 Å². The molecule has 0 saturated heterocycles. The fourth-order valence-electron chi connectivity index (χ4n) is 3.32. The van der Waals surface area contributed by atoms with Crippen LogP contribution < -0.4 is 10.2 Å². The number of phenolic OH excluding ortho intramolecular Hbond substituents is 1. The van der Waals surface area contributed by atoms with Crippen molar-refractivity contribution in [2.75, 3.05) is 29.9 Å². The van der Waals surface area contributed by atoms with Crippen molar-refractivity contribution in [1.82, 2.24) is 14.4 Å². The number of benzene rings is 2. The van der Waals surface area contributed by atoms with Gasteiger partial charge in [-0.25, -0.2) is 9.97 Å². The molecule has 4 rings (SSSR count). The molecule has 0 amide bonds. The molecule has 0 aliphatic heterocycles. The third kappa shape index (κ3) is 3.86. The van der Waals surface area contributed by atoms with Crippen molar-refractivity contribution < 1.29 is 10.2 Å². The van der Waals surface area contributed by atoms with Crippen molar-refractivity contribution in [2.45, 2.75) is 6.92 Å². The standard InChI is InChI=1S/C22H23N5O2/c1-2-26(13-14-28)17-9-7-16(8-10-17)24-21-22-23-11-12-27(22)15-19(25-21)18-5-3-4-6-20(18)29/h3-12,15,28-29H,2,13-14H2,1H3,(H,24,25). The molecule has 0 aliphatic carbocycles. The minimum Gasteiger partial charge on any atom is -0.507 e. The minimum absolute atomic E-state index is 0.120. The van der Waals surface area contributed by atoms with Crippen molar-refractivity contribution >= 4 is 22.8 Å². The highest BCUT2D eigenvalue weighted by molar-refractivity contribution is 5.75. The van der Waals surface area contributed by atoms with E-state index < -0.39 is 0 Å². The van der Waals surface area contributed by atoms with Crippen molar-refractivity contribution in [3.8, 4) is 17.0 Å². The topological polar surface area (TPSA) is 85.9 Å². The summed E-state index contributed by atoms with van der Waals surface area (Å²) in [5.41, 5.74) is 3.93. The van der Waals surface area contributed by atoms with Crippen LogP contribution in [0.4, 0.5) is 17.2 Å². The molecule has 148 valence electrons. The summed E-state index contributed by atoms with van der Waals surface area (Å²) in [4.78, 5) is 11.2. The highest BCUT2D eigenvalue weighted by atomic mass is 16.3. The molecule has 29 heavy (non-hydrogen) atoms. The fourth-order valence-corrected chi connectivity index (χ4v) is 3.32. The zero-order chi connectivity index (χ0) is 20.2. The number of nitrogens with zero attached hydrogens (tertiary/aromatic N) is 4. The first kappa shape index (κ1) is 18.8. The summed E-state index contributed by atoms with van der Waals surface area (Å²) in [6, 6.07) is 15.1. The van der Waals surface area contributed by atoms with Gasteiger partial charge in [0, 0.05) is 48.6 Å². The number of aliphatic hydroxyl groups excluding tert-OH is 1. The van der Waals surface area contributed by atoms with Crippen molar-refractivity contribution in [1.29, 1.82) is 0 Å². The van der Waals surface area contributed by atoms with Crippen LogP contribution in [-0.4, -0.2) is 44.3 Å². The molecule has 0 radical (unpaired) electrons. The fraction of sp³-hybridized carbons (Fsp3) is 0.182. The third-order valence-electron chi connectivity index (χ3n) is 4.80. The van der Waals surface area contributed by atoms with Crippen LogP contribution in [0.1, 0.15) is 6.92 Å². The average molecular weight is 389 g/mol. The molecule has 2 aromatic carbocycles. The lowest BCUT2D eigenvalue weighted by Gasteiger charge is -2.22. The highest BCUT2D eigenvalue weighted by Crippen LogP contribution is 2.30. The zero-order valence-electron chi connectivity index (χ0n) is 16.2. The molecule has 0 spiro atoms. The number of likely N-dealkylation sites (N-methyl/N-ethyl adjacent to an activating group) is 1. The van der Waals surface area contributed by atoms with E-state index in [-0.39, 0.29) is 12.4 Å². The number of anilines is 3. The third-order valence-corrected chi connectivity index (χ3v) is 4.80. The normalized spacial score (nSPS) is 11.0. The van der Waals surface area contributed by atoms with Gasteiger partial charge in [-0.05, 0) is 43.3 Å². The van der Waals surface area contributed by atoms with Crippen LogP contribution >= 0.6 is 0 Å². The van der Waals surface area contributed by atoms with Gasteiger partial charge in [0.15, 0.2) is 11.5 Å². The van der Waals surface area contributed by atoms with Crippen LogP contribution in [0.3, 0.4) is 0 Å². The molecule has 2 aromatic heterocycles. The van der Waals surface area contributed by atoms with E-state index >= 15 is 0 Å². The zero-order valence-corrected chi connectivity index (χ0v) is 16.2. The Balaban J connectivity index is 1.67. The second kappa shape index (κ2) is 8.20. The molecule has 0 atom stereocenters. The summed E-state index contributed by atoms with van der Waals surface area (Å²) in [7, 11) is 0. The van der Waals surface area contributed by atoms with Crippen molar-refractivity contribution in [3.05, 3.63) is 67.1 Å². The summed E-state index contributed by atoms with van der Waals surface area (Å²) in [6.07, 6.45) is 5.41. The van der Waals surface area contributed by atoms with E-state index in [2.05, 4.69) is 22.1 Å². The quantitative estimate of drug-likeness (QED) is 0.447. The van der Waals surface area contributed by atoms with Gasteiger partial charge >= 0.3 is 0 Å². The van der Waals surface area contributed by atoms with E-state index in [9.17, 15) is 10.2 Å². The lowest BCUT2D eigenvalue weighted by atomic mass is 10.1. The maximum absolute atomic E-state index is 10.2. The minimum atomic E-state index is 0.120. The summed E-state index contributed by atoms with van der Waals surface area (Å²) in [5.74, 6) is 0.782. The van der Waals surface area contributed by atoms with E-state index in [1.54, 1.807) is 18.3 Å². The van der Waals surface area contributed by atoms with Gasteiger partial charge in [-0.15, -0.1) is 0 Å². The highest BCUT2D eigenvalue weighted by Gasteiger charge is 2.12. The van der Waals surface area contributed by atoms with Gasteiger partial charge in [0.05, 0.1) is 12.3 Å². The summed E-state index contributed by atoms with van der Waals surface area (Å²) < 4.78 is 1.88. The van der Waals surface area contributed by atoms with Gasteiger partial charge in [-0.1, -0.05) is 12.1 Å². The molecule has 7 nitrogen and oxygen atoms in total. The predicted octanol–water partition coefficient (Wildman–Crippen LogP) is 3.66. The van der Waals surface area contributed by atoms with Gasteiger partial charge < -0.3 is 24.8 Å². The number of hydrogen-bond donors (Lipinski definition) is 3. The maximum Gasteiger partial charge on any atom is 0.180 e. The number of aliphatic hydroxyl groups is 1. The van der Waals surface area contributed by atoms with Crippen LogP contribution in [0.2, 0.25) is 0 Å². The number of aromatic hydroxyl groups is 1. The first-order valence-electron chi connectivity index (χ1n) is 9.54. The second-order valence-corrected chi connectivity index (χ2v) is 6.63. The Morgan fingerprint density at radius 1 is 1.10 bits per heavy atom. The van der Waals surface area contributed by atoms with E-state index in [1.165, 1.54) is 0 Å². The lowest BCUT2D eigenvalue weighted by Crippen LogP contribution is -2.25. The molecular weight excluding hydrogens is 366 g/mol. The molecular formula is C22H23N5O2. The van der Waals surface area contributed by atoms with Crippen molar-refractivity contribution in [2.24, 2.45) is 0 Å². The van der Waals surface area contributed by atoms with Gasteiger partial charge in [0.1, 0.15) is 5.75 Å². The van der Waals surface area contributed by atoms with Crippen LogP contribution in [0.25, 0.3) is 16.9 Å². The Morgan fingerprint density at radius 2 is 1.90 bits per heavy atom. The maximum atomic E-state index is 10.2. The number of phenols is 1. The number of aromatic nitrogens is 3. The van der Waals surface area contributed by atoms with Gasteiger partial charge in [-0.2, -0.15) is 0 Å². The second-order valence-electron chi connectivity index (χ2n) is 6.63. The summed E-state index contributed by atoms with van der Waals surface area (Å²) >= 11 is 0. The molecule has 0 saturated carbocycles. The Kier molecular flexibility index (Phi) is 5.31. The van der Waals surface area contributed by atoms with E-state index in [4.69, 9.17) is 4.98 Å². The number of hydrogen-bond acceptors (Lipinski definition) is 6. The molecule has 0 unspecified atom stereocenters. The van der Waals surface area contributed by atoms with Crippen LogP contribution in [-0.2, 0) is 0 Å². The van der Waals surface area contributed by atoms with E-state index in [0.29, 0.717) is 29.3 Å². The van der Waals surface area contributed by atoms with Crippen LogP contribution in [0.5, 0.6) is 5.75 Å². The summed E-state index contributed by atoms with van der Waals surface area (Å²) in [5, 5.41) is 22.8. The summed E-state index contributed by atoms with van der Waals surface area (Å²) in [6.45, 7) is 3.61. The largest absolute Gasteiger partial charge is 0.507 e.